The zero-order valence-corrected chi connectivity index (χ0v) is 48.2. The number of nitrogens with one attached hydrogen (secondary N) is 9. The van der Waals surface area contributed by atoms with Gasteiger partial charge in [0.05, 0.1) is 0 Å². The number of carboxylic acids is 13. The lowest BCUT2D eigenvalue weighted by Crippen LogP contribution is -2.52. The lowest BCUT2D eigenvalue weighted by atomic mass is 10.1. The monoisotopic (exact) mass is 1310 g/mol. The van der Waals surface area contributed by atoms with Crippen molar-refractivity contribution in [2.24, 2.45) is 0 Å². The van der Waals surface area contributed by atoms with E-state index in [0.29, 0.717) is 0 Å². The molecule has 1 aromatic rings. The predicted molar refractivity (Wildman–Crippen MR) is 291 cm³/mol. The number of aryl methyl sites for hydroxylation is 1. The number of H-pyrrole nitrogens is 1. The van der Waals surface area contributed by atoms with E-state index in [4.69, 9.17) is 66.4 Å². The molecule has 0 aliphatic rings. The summed E-state index contributed by atoms with van der Waals surface area (Å²) in [6, 6.07) is -15.2. The van der Waals surface area contributed by atoms with Crippen LogP contribution in [0, 0.1) is 0 Å². The van der Waals surface area contributed by atoms with Gasteiger partial charge in [-0.25, -0.2) is 57.5 Å². The number of urea groups is 4. The van der Waals surface area contributed by atoms with E-state index in [9.17, 15) is 81.5 Å². The molecule has 0 spiro atoms. The van der Waals surface area contributed by atoms with Gasteiger partial charge in [0, 0.05) is 54.8 Å². The molecule has 0 radical (unpaired) electrons. The maximum absolute atomic E-state index is 11.7. The highest BCUT2D eigenvalue weighted by Gasteiger charge is 2.30. The van der Waals surface area contributed by atoms with Crippen LogP contribution < -0.4 is 42.5 Å². The second kappa shape index (κ2) is 43.6. The Labute approximate surface area is 504 Å². The summed E-state index contributed by atoms with van der Waals surface area (Å²) in [5.41, 5.74) is 0. The quantitative estimate of drug-likeness (QED) is 0.0290. The number of carbonyl (C=O) groups is 17. The van der Waals surface area contributed by atoms with E-state index in [1.165, 1.54) is 11.8 Å². The standard InChI is InChI=1S/C13H22N2O7S.C11H16N6O7.C11H16N2O9.C9H14N2O7S/c1-13(2,3)23-6-8(11(20)21)15-12(22)14-7(10(18)19)4-5-9(16)17;18-8(19)4-2-6(10(22)23)13-11(24)12-5(9(20)21)1-3-7-14-16-17-15-7;14-7(15)3-1-5(9(18)19)12-11(22)13-6(10(20)21)2-4-8(16)17;12-6(13)2-1-4(7(14)15)10-9(18)11-5(3-19)8(16)17/h7-8H,4-6H2,1-3H3,(H,16,17)(H,18,19)(H,20,21)(H2,14,15,22);5-6H,1-4H2,(H,18,19)(H,20,21)(H,22,23)(H2,12,13,24)(H,14,15,16,17);5-6H,1-4H2,(H,14,15)(H,16,17)(H,18,19)(H,20,21)(H2,12,13,22);4-5,19H,1-3H2,(H,12,13)(H,14,15)(H,16,17)(H2,10,11,18)/t7-,8-;2*5-,6-;4-,5-/m0000/s1. The van der Waals surface area contributed by atoms with Crippen LogP contribution in [0.4, 0.5) is 19.2 Å². The first kappa shape index (κ1) is 82.2. The number of hydrogen-bond donors (Lipinski definition) is 23. The first-order chi connectivity index (χ1) is 40.6. The molecule has 22 N–H and O–H groups in total. The largest absolute Gasteiger partial charge is 0.481 e. The molecule has 0 aliphatic carbocycles. The van der Waals surface area contributed by atoms with Crippen LogP contribution in [0.1, 0.15) is 97.2 Å². The summed E-state index contributed by atoms with van der Waals surface area (Å²) < 4.78 is -0.197. The fourth-order valence-electron chi connectivity index (χ4n) is 5.57. The number of carbonyl (C=O) groups excluding carboxylic acids is 4. The SMILES string of the molecule is CC(C)(C)SC[C@H](NC(=O)N[C@@H](CCC(=O)O)C(=O)O)C(=O)O.O=C(O)CC[C@H](NC(=O)N[C@@H](CCC(=O)O)C(=O)O)C(=O)O.O=C(O)CC[C@H](NC(=O)N[C@@H](CCc1nn[nH]n1)C(=O)O)C(=O)O.O=C(O)CC[C@H](NC(=O)N[C@@H](CS)C(=O)O)C(=O)O. The van der Waals surface area contributed by atoms with Gasteiger partial charge in [-0.1, -0.05) is 26.0 Å². The normalized spacial score (nSPS) is 13.1. The Morgan fingerprint density at radius 2 is 0.614 bits per heavy atom. The van der Waals surface area contributed by atoms with Crippen molar-refractivity contribution in [3.05, 3.63) is 5.82 Å². The summed E-state index contributed by atoms with van der Waals surface area (Å²) in [5.74, 6) is -17.0. The lowest BCUT2D eigenvalue weighted by molar-refractivity contribution is -0.142. The van der Waals surface area contributed by atoms with Crippen LogP contribution in [0.25, 0.3) is 0 Å². The molecule has 0 aromatic carbocycles. The minimum atomic E-state index is -1.51. The number of nitrogens with zero attached hydrogens (tertiary/aromatic N) is 3. The van der Waals surface area contributed by atoms with E-state index in [1.807, 2.05) is 47.4 Å². The van der Waals surface area contributed by atoms with Gasteiger partial charge in [-0.15, -0.1) is 10.2 Å². The zero-order chi connectivity index (χ0) is 68.6. The summed E-state index contributed by atoms with van der Waals surface area (Å²) in [6.07, 6.45) is -3.97. The maximum atomic E-state index is 11.7. The third kappa shape index (κ3) is 43.6. The van der Waals surface area contributed by atoms with E-state index >= 15 is 0 Å². The molecule has 8 amide bonds. The summed E-state index contributed by atoms with van der Waals surface area (Å²) >= 11 is 5.05. The van der Waals surface area contributed by atoms with E-state index < -0.39 is 182 Å². The van der Waals surface area contributed by atoms with Crippen LogP contribution >= 0.6 is 24.4 Å². The van der Waals surface area contributed by atoms with Gasteiger partial charge in [-0.05, 0) is 38.5 Å². The van der Waals surface area contributed by atoms with E-state index in [0.717, 1.165) is 0 Å². The van der Waals surface area contributed by atoms with Gasteiger partial charge in [0.1, 0.15) is 48.3 Å². The number of aromatic nitrogens is 4. The van der Waals surface area contributed by atoms with Crippen LogP contribution in [0.3, 0.4) is 0 Å². The molecule has 0 fully saturated rings. The van der Waals surface area contributed by atoms with Gasteiger partial charge >= 0.3 is 102 Å². The number of amides is 8. The maximum Gasteiger partial charge on any atom is 0.327 e. The molecule has 0 unspecified atom stereocenters. The third-order valence-electron chi connectivity index (χ3n) is 9.97. The molecular formula is C44H68N12O30S2. The second-order valence-electron chi connectivity index (χ2n) is 18.2. The van der Waals surface area contributed by atoms with Crippen LogP contribution in [0.2, 0.25) is 0 Å². The molecule has 8 atom stereocenters. The number of rotatable bonds is 37. The van der Waals surface area contributed by atoms with E-state index in [1.54, 1.807) is 0 Å². The molecule has 1 aromatic heterocycles. The van der Waals surface area contributed by atoms with Gasteiger partial charge < -0.3 is 109 Å². The van der Waals surface area contributed by atoms with E-state index in [-0.39, 0.29) is 67.0 Å². The van der Waals surface area contributed by atoms with Crippen molar-refractivity contribution < 1.29 is 148 Å². The van der Waals surface area contributed by atoms with Crippen molar-refractivity contribution in [2.45, 2.75) is 151 Å². The number of aliphatic carboxylic acids is 13. The molecular weight excluding hydrogens is 1240 g/mol. The van der Waals surface area contributed by atoms with Crippen LogP contribution in [-0.4, -0.2) is 253 Å². The Morgan fingerprint density at radius 1 is 0.386 bits per heavy atom. The molecule has 0 aliphatic heterocycles. The van der Waals surface area contributed by atoms with Crippen molar-refractivity contribution in [3.8, 4) is 0 Å². The van der Waals surface area contributed by atoms with Crippen molar-refractivity contribution >= 4 is 126 Å². The minimum Gasteiger partial charge on any atom is -0.481 e. The molecule has 0 saturated heterocycles. The van der Waals surface area contributed by atoms with E-state index in [2.05, 4.69) is 49.2 Å². The average Bonchev–Trinajstić information content (AvgIpc) is 4.10. The average molecular weight is 1310 g/mol. The lowest BCUT2D eigenvalue weighted by Gasteiger charge is -2.22. The topological polar surface area (TPSA) is 704 Å². The molecule has 0 saturated carbocycles. The fourth-order valence-corrected chi connectivity index (χ4v) is 6.71. The summed E-state index contributed by atoms with van der Waals surface area (Å²) in [4.78, 5) is 186. The van der Waals surface area contributed by atoms with Gasteiger partial charge in [0.2, 0.25) is 0 Å². The van der Waals surface area contributed by atoms with Crippen LogP contribution in [0.5, 0.6) is 0 Å². The minimum absolute atomic E-state index is 0.0465. The Balaban J connectivity index is -0.00000110. The molecule has 42 nitrogen and oxygen atoms in total. The Bertz CT molecular complexity index is 2530. The smallest absolute Gasteiger partial charge is 0.327 e. The molecule has 88 heavy (non-hydrogen) atoms. The summed E-state index contributed by atoms with van der Waals surface area (Å²) in [7, 11) is 0. The van der Waals surface area contributed by atoms with Crippen molar-refractivity contribution in [1.29, 1.82) is 0 Å². The molecule has 1 heterocycles. The molecule has 496 valence electrons. The van der Waals surface area contributed by atoms with Crippen molar-refractivity contribution in [1.82, 2.24) is 63.2 Å². The van der Waals surface area contributed by atoms with Crippen molar-refractivity contribution in [2.75, 3.05) is 11.5 Å². The molecule has 44 heteroatoms. The number of carboxylic acid groups (broad SMARTS) is 13. The summed E-state index contributed by atoms with van der Waals surface area (Å²) in [6.45, 7) is 5.68. The fraction of sp³-hybridized carbons (Fsp3) is 0.591. The molecule has 0 bridgehead atoms. The number of hydrogen-bond acceptors (Lipinski definition) is 22. The first-order valence-electron chi connectivity index (χ1n) is 24.8. The Morgan fingerprint density at radius 3 is 0.807 bits per heavy atom. The highest BCUT2D eigenvalue weighted by atomic mass is 32.2. The third-order valence-corrected chi connectivity index (χ3v) is 11.7. The van der Waals surface area contributed by atoms with Gasteiger partial charge in [0.25, 0.3) is 0 Å². The number of tetrazole rings is 1. The highest BCUT2D eigenvalue weighted by molar-refractivity contribution is 8.00. The first-order valence-corrected chi connectivity index (χ1v) is 26.4. The molecule has 1 rings (SSSR count). The number of aromatic amines is 1. The zero-order valence-electron chi connectivity index (χ0n) is 46.5. The Hall–Kier alpha value is -10.0. The number of thiol groups is 1. The Kier molecular flexibility index (Phi) is 40.7. The van der Waals surface area contributed by atoms with Gasteiger partial charge in [0.15, 0.2) is 5.82 Å². The predicted octanol–water partition coefficient (Wildman–Crippen LogP) is -3.30. The summed E-state index contributed by atoms with van der Waals surface area (Å²) in [5, 5.41) is 143. The number of thioether (sulfide) groups is 1. The van der Waals surface area contributed by atoms with Gasteiger partial charge in [-0.2, -0.15) is 29.6 Å². The van der Waals surface area contributed by atoms with Gasteiger partial charge in [-0.3, -0.25) is 24.0 Å². The van der Waals surface area contributed by atoms with Crippen molar-refractivity contribution in [3.63, 3.8) is 0 Å². The highest BCUT2D eigenvalue weighted by Crippen LogP contribution is 2.23. The van der Waals surface area contributed by atoms with Crippen LogP contribution in [-0.2, 0) is 68.7 Å². The van der Waals surface area contributed by atoms with Crippen LogP contribution in [0.15, 0.2) is 0 Å². The second-order valence-corrected chi connectivity index (χ2v) is 20.4.